The van der Waals surface area contributed by atoms with E-state index >= 15 is 0 Å². The number of hydrogen-bond acceptors (Lipinski definition) is 5. The Balaban J connectivity index is 2.09. The van der Waals surface area contributed by atoms with Crippen molar-refractivity contribution < 1.29 is 28.6 Å². The van der Waals surface area contributed by atoms with Crippen LogP contribution in [-0.4, -0.2) is 36.0 Å². The van der Waals surface area contributed by atoms with Crippen LogP contribution in [0, 0.1) is 12.7 Å². The van der Waals surface area contributed by atoms with Gasteiger partial charge in [-0.05, 0) is 48.9 Å². The number of halogens is 1. The van der Waals surface area contributed by atoms with Crippen molar-refractivity contribution in [3.05, 3.63) is 59.4 Å². The number of primary amides is 1. The maximum Gasteiger partial charge on any atom is 0.342 e. The van der Waals surface area contributed by atoms with E-state index in [0.29, 0.717) is 5.69 Å². The van der Waals surface area contributed by atoms with Crippen LogP contribution in [0.3, 0.4) is 0 Å². The number of carbonyl (C=O) groups is 3. The molecule has 2 aromatic rings. The first kappa shape index (κ1) is 19.9. The SMILES string of the molecule is Cc1ccc(C(=O)OCC(=O)N(CCC(N)=O)c2ccc(F)cc2)c(O)c1. The summed E-state index contributed by atoms with van der Waals surface area (Å²) in [6, 6.07) is 9.46. The molecule has 7 nitrogen and oxygen atoms in total. The monoisotopic (exact) mass is 374 g/mol. The number of aryl methyl sites for hydroxylation is 1. The van der Waals surface area contributed by atoms with Crippen molar-refractivity contribution in [2.45, 2.75) is 13.3 Å². The van der Waals surface area contributed by atoms with Crippen molar-refractivity contribution in [2.75, 3.05) is 18.1 Å². The van der Waals surface area contributed by atoms with Gasteiger partial charge in [-0.2, -0.15) is 0 Å². The van der Waals surface area contributed by atoms with Crippen LogP contribution in [0.2, 0.25) is 0 Å². The smallest absolute Gasteiger partial charge is 0.342 e. The first-order valence-corrected chi connectivity index (χ1v) is 8.09. The van der Waals surface area contributed by atoms with Gasteiger partial charge in [0.2, 0.25) is 5.91 Å². The van der Waals surface area contributed by atoms with E-state index in [1.54, 1.807) is 13.0 Å². The van der Waals surface area contributed by atoms with Crippen LogP contribution in [0.15, 0.2) is 42.5 Å². The summed E-state index contributed by atoms with van der Waals surface area (Å²) in [5.74, 6) is -2.84. The fourth-order valence-corrected chi connectivity index (χ4v) is 2.34. The maximum atomic E-state index is 13.1. The Hall–Kier alpha value is -3.42. The maximum absolute atomic E-state index is 13.1. The zero-order valence-electron chi connectivity index (χ0n) is 14.6. The Morgan fingerprint density at radius 1 is 1.15 bits per heavy atom. The summed E-state index contributed by atoms with van der Waals surface area (Å²) in [5, 5.41) is 9.80. The number of benzene rings is 2. The van der Waals surface area contributed by atoms with Crippen LogP contribution in [0.5, 0.6) is 5.75 Å². The molecule has 0 aliphatic rings. The molecule has 27 heavy (non-hydrogen) atoms. The van der Waals surface area contributed by atoms with Crippen LogP contribution >= 0.6 is 0 Å². The summed E-state index contributed by atoms with van der Waals surface area (Å²) in [6.07, 6.45) is -0.115. The third-order valence-corrected chi connectivity index (χ3v) is 3.72. The number of nitrogens with two attached hydrogens (primary N) is 1. The second kappa shape index (κ2) is 8.79. The predicted octanol–water partition coefficient (Wildman–Crippen LogP) is 1.91. The van der Waals surface area contributed by atoms with Gasteiger partial charge in [-0.25, -0.2) is 9.18 Å². The molecule has 0 unspecified atom stereocenters. The number of nitrogens with zero attached hydrogens (tertiary/aromatic N) is 1. The highest BCUT2D eigenvalue weighted by molar-refractivity contribution is 5.98. The standard InChI is InChI=1S/C19H19FN2O5/c1-12-2-7-15(16(23)10-12)19(26)27-11-18(25)22(9-8-17(21)24)14-5-3-13(20)4-6-14/h2-7,10,23H,8-9,11H2,1H3,(H2,21,24). The molecule has 0 fully saturated rings. The molecule has 0 bridgehead atoms. The van der Waals surface area contributed by atoms with Gasteiger partial charge in [-0.15, -0.1) is 0 Å². The van der Waals surface area contributed by atoms with Gasteiger partial charge in [-0.1, -0.05) is 6.07 Å². The van der Waals surface area contributed by atoms with E-state index in [1.807, 2.05) is 0 Å². The zero-order chi connectivity index (χ0) is 20.0. The molecule has 0 aliphatic heterocycles. The van der Waals surface area contributed by atoms with E-state index in [2.05, 4.69) is 0 Å². The molecule has 0 atom stereocenters. The van der Waals surface area contributed by atoms with Crippen LogP contribution in [0.4, 0.5) is 10.1 Å². The van der Waals surface area contributed by atoms with Gasteiger partial charge < -0.3 is 20.5 Å². The second-order valence-electron chi connectivity index (χ2n) is 5.83. The number of amides is 2. The fraction of sp³-hybridized carbons (Fsp3) is 0.211. The molecule has 2 aromatic carbocycles. The van der Waals surface area contributed by atoms with E-state index in [9.17, 15) is 23.9 Å². The van der Waals surface area contributed by atoms with Crippen molar-refractivity contribution in [2.24, 2.45) is 5.73 Å². The lowest BCUT2D eigenvalue weighted by Gasteiger charge is -2.22. The molecule has 142 valence electrons. The van der Waals surface area contributed by atoms with Crippen molar-refractivity contribution in [1.82, 2.24) is 0 Å². The highest BCUT2D eigenvalue weighted by atomic mass is 19.1. The Bertz CT molecular complexity index is 852. The first-order chi connectivity index (χ1) is 12.8. The average molecular weight is 374 g/mol. The molecule has 0 radical (unpaired) electrons. The first-order valence-electron chi connectivity index (χ1n) is 8.09. The molecule has 0 saturated carbocycles. The molecule has 0 spiro atoms. The van der Waals surface area contributed by atoms with Crippen molar-refractivity contribution >= 4 is 23.5 Å². The average Bonchev–Trinajstić information content (AvgIpc) is 2.61. The molecule has 0 saturated heterocycles. The van der Waals surface area contributed by atoms with Gasteiger partial charge in [-0.3, -0.25) is 9.59 Å². The molecule has 3 N–H and O–H groups in total. The number of hydrogen-bond donors (Lipinski definition) is 2. The fourth-order valence-electron chi connectivity index (χ4n) is 2.34. The minimum absolute atomic E-state index is 0.0485. The number of rotatable bonds is 7. The van der Waals surface area contributed by atoms with Gasteiger partial charge in [0, 0.05) is 18.7 Å². The molecule has 2 amide bonds. The van der Waals surface area contributed by atoms with E-state index in [-0.39, 0.29) is 24.3 Å². The summed E-state index contributed by atoms with van der Waals surface area (Å²) in [4.78, 5) is 36.7. The van der Waals surface area contributed by atoms with Gasteiger partial charge in [0.1, 0.15) is 17.1 Å². The van der Waals surface area contributed by atoms with Gasteiger partial charge in [0.15, 0.2) is 6.61 Å². The summed E-state index contributed by atoms with van der Waals surface area (Å²) in [6.45, 7) is 1.08. The Labute approximate surface area is 155 Å². The number of aromatic hydroxyl groups is 1. The molecule has 2 rings (SSSR count). The van der Waals surface area contributed by atoms with E-state index in [0.717, 1.165) is 17.7 Å². The van der Waals surface area contributed by atoms with Crippen LogP contribution in [0.1, 0.15) is 22.3 Å². The zero-order valence-corrected chi connectivity index (χ0v) is 14.6. The Kier molecular flexibility index (Phi) is 6.48. The molecule has 8 heteroatoms. The van der Waals surface area contributed by atoms with Gasteiger partial charge >= 0.3 is 5.97 Å². The van der Waals surface area contributed by atoms with Crippen molar-refractivity contribution in [3.63, 3.8) is 0 Å². The normalized spacial score (nSPS) is 10.3. The van der Waals surface area contributed by atoms with Crippen LogP contribution in [0.25, 0.3) is 0 Å². The van der Waals surface area contributed by atoms with Crippen LogP contribution < -0.4 is 10.6 Å². The van der Waals surface area contributed by atoms with E-state index < -0.39 is 30.2 Å². The third-order valence-electron chi connectivity index (χ3n) is 3.72. The minimum atomic E-state index is -0.866. The lowest BCUT2D eigenvalue weighted by Crippen LogP contribution is -2.37. The van der Waals surface area contributed by atoms with Gasteiger partial charge in [0.05, 0.1) is 0 Å². The number of esters is 1. The summed E-state index contributed by atoms with van der Waals surface area (Å²) in [5.41, 5.74) is 6.14. The predicted molar refractivity (Wildman–Crippen MR) is 95.7 cm³/mol. The number of ether oxygens (including phenoxy) is 1. The molecular formula is C19H19FN2O5. The molecule has 0 aromatic heterocycles. The summed E-state index contributed by atoms with van der Waals surface area (Å²) < 4.78 is 18.1. The topological polar surface area (TPSA) is 110 Å². The highest BCUT2D eigenvalue weighted by Gasteiger charge is 2.20. The molecular weight excluding hydrogens is 355 g/mol. The second-order valence-corrected chi connectivity index (χ2v) is 5.83. The number of carbonyl (C=O) groups excluding carboxylic acids is 3. The largest absolute Gasteiger partial charge is 0.507 e. The third kappa shape index (κ3) is 5.53. The van der Waals surface area contributed by atoms with Crippen LogP contribution in [-0.2, 0) is 14.3 Å². The Morgan fingerprint density at radius 3 is 2.41 bits per heavy atom. The minimum Gasteiger partial charge on any atom is -0.507 e. The Morgan fingerprint density at radius 2 is 1.81 bits per heavy atom. The van der Waals surface area contributed by atoms with E-state index in [1.165, 1.54) is 29.2 Å². The van der Waals surface area contributed by atoms with Crippen molar-refractivity contribution in [3.8, 4) is 5.75 Å². The number of phenols is 1. The molecule has 0 aliphatic carbocycles. The van der Waals surface area contributed by atoms with E-state index in [4.69, 9.17) is 10.5 Å². The number of phenolic OH excluding ortho intramolecular Hbond substituents is 1. The van der Waals surface area contributed by atoms with Crippen molar-refractivity contribution in [1.29, 1.82) is 0 Å². The lowest BCUT2D eigenvalue weighted by atomic mass is 10.1. The van der Waals surface area contributed by atoms with Gasteiger partial charge in [0.25, 0.3) is 5.91 Å². The number of anilines is 1. The quantitative estimate of drug-likeness (QED) is 0.720. The summed E-state index contributed by atoms with van der Waals surface area (Å²) in [7, 11) is 0. The highest BCUT2D eigenvalue weighted by Crippen LogP contribution is 2.20. The summed E-state index contributed by atoms with van der Waals surface area (Å²) >= 11 is 0. The molecule has 0 heterocycles. The lowest BCUT2D eigenvalue weighted by molar-refractivity contribution is -0.121.